The van der Waals surface area contributed by atoms with E-state index in [4.69, 9.17) is 26.8 Å². The van der Waals surface area contributed by atoms with E-state index in [2.05, 4.69) is 11.8 Å². The minimum atomic E-state index is -0.526. The molecule has 1 atom stereocenters. The van der Waals surface area contributed by atoms with Crippen LogP contribution >= 0.6 is 11.6 Å². The van der Waals surface area contributed by atoms with Gasteiger partial charge in [-0.1, -0.05) is 24.6 Å². The molecule has 116 valence electrons. The van der Waals surface area contributed by atoms with Gasteiger partial charge >= 0.3 is 0 Å². The van der Waals surface area contributed by atoms with Crippen LogP contribution in [0.2, 0.25) is 5.02 Å². The predicted molar refractivity (Wildman–Crippen MR) is 81.4 cm³/mol. The Bertz CT molecular complexity index is 496. The van der Waals surface area contributed by atoms with E-state index in [0.717, 1.165) is 18.5 Å². The molecule has 1 saturated heterocycles. The molecule has 2 N–H and O–H groups in total. The zero-order valence-corrected chi connectivity index (χ0v) is 12.9. The molecule has 0 radical (unpaired) electrons. The quantitative estimate of drug-likeness (QED) is 0.870. The Morgan fingerprint density at radius 2 is 2.38 bits per heavy atom. The topological polar surface area (TPSA) is 64.8 Å². The molecule has 1 heterocycles. The van der Waals surface area contributed by atoms with Gasteiger partial charge in [-0.3, -0.25) is 9.69 Å². The highest BCUT2D eigenvalue weighted by atomic mass is 35.5. The number of halogens is 1. The summed E-state index contributed by atoms with van der Waals surface area (Å²) in [5.74, 6) is 0.292. The SMILES string of the molecule is CCCOc1ccc(CN2CCO[C@H](C(N)=O)C2)cc1Cl. The first kappa shape index (κ1) is 16.1. The van der Waals surface area contributed by atoms with Crippen LogP contribution in [0.3, 0.4) is 0 Å². The maximum absolute atomic E-state index is 11.2. The third-order valence-corrected chi connectivity index (χ3v) is 3.63. The molecule has 0 aromatic heterocycles. The number of nitrogens with two attached hydrogens (primary N) is 1. The number of primary amides is 1. The van der Waals surface area contributed by atoms with Crippen LogP contribution in [-0.4, -0.2) is 43.2 Å². The molecule has 0 saturated carbocycles. The Morgan fingerprint density at radius 3 is 3.05 bits per heavy atom. The summed E-state index contributed by atoms with van der Waals surface area (Å²) in [4.78, 5) is 13.3. The molecular weight excluding hydrogens is 292 g/mol. The largest absolute Gasteiger partial charge is 0.492 e. The second-order valence-electron chi connectivity index (χ2n) is 5.11. The van der Waals surface area contributed by atoms with E-state index in [1.165, 1.54) is 0 Å². The number of carbonyl (C=O) groups excluding carboxylic acids is 1. The van der Waals surface area contributed by atoms with Gasteiger partial charge in [-0.2, -0.15) is 0 Å². The normalized spacial score (nSPS) is 19.4. The lowest BCUT2D eigenvalue weighted by atomic mass is 10.1. The number of hydrogen-bond acceptors (Lipinski definition) is 4. The molecule has 1 aromatic carbocycles. The fourth-order valence-corrected chi connectivity index (χ4v) is 2.51. The summed E-state index contributed by atoms with van der Waals surface area (Å²) in [6.45, 7) is 5.22. The van der Waals surface area contributed by atoms with Gasteiger partial charge in [0.1, 0.15) is 11.9 Å². The van der Waals surface area contributed by atoms with Gasteiger partial charge in [0.2, 0.25) is 5.91 Å². The minimum Gasteiger partial charge on any atom is -0.492 e. The van der Waals surface area contributed by atoms with E-state index >= 15 is 0 Å². The Balaban J connectivity index is 1.96. The maximum Gasteiger partial charge on any atom is 0.247 e. The predicted octanol–water partition coefficient (Wildman–Crippen LogP) is 1.81. The monoisotopic (exact) mass is 312 g/mol. The summed E-state index contributed by atoms with van der Waals surface area (Å²) >= 11 is 6.22. The molecule has 2 rings (SSSR count). The molecule has 1 amide bonds. The van der Waals surface area contributed by atoms with Crippen molar-refractivity contribution in [1.82, 2.24) is 4.90 Å². The molecule has 0 spiro atoms. The Labute approximate surface area is 130 Å². The summed E-state index contributed by atoms with van der Waals surface area (Å²) in [5, 5.41) is 0.612. The molecule has 1 aliphatic rings. The average Bonchev–Trinajstić information content (AvgIpc) is 2.47. The van der Waals surface area contributed by atoms with Crippen molar-refractivity contribution in [2.45, 2.75) is 26.0 Å². The van der Waals surface area contributed by atoms with Gasteiger partial charge in [-0.15, -0.1) is 0 Å². The molecule has 0 bridgehead atoms. The smallest absolute Gasteiger partial charge is 0.247 e. The lowest BCUT2D eigenvalue weighted by Crippen LogP contribution is -2.47. The molecule has 1 aliphatic heterocycles. The summed E-state index contributed by atoms with van der Waals surface area (Å²) in [6, 6.07) is 5.78. The average molecular weight is 313 g/mol. The van der Waals surface area contributed by atoms with Gasteiger partial charge < -0.3 is 15.2 Å². The van der Waals surface area contributed by atoms with Crippen LogP contribution < -0.4 is 10.5 Å². The number of benzene rings is 1. The van der Waals surface area contributed by atoms with Gasteiger partial charge in [0.15, 0.2) is 0 Å². The van der Waals surface area contributed by atoms with Crippen molar-refractivity contribution < 1.29 is 14.3 Å². The van der Waals surface area contributed by atoms with Crippen molar-refractivity contribution in [2.24, 2.45) is 5.73 Å². The van der Waals surface area contributed by atoms with Crippen LogP contribution in [0.5, 0.6) is 5.75 Å². The number of amides is 1. The van der Waals surface area contributed by atoms with E-state index in [-0.39, 0.29) is 0 Å². The molecule has 1 aromatic rings. The van der Waals surface area contributed by atoms with Crippen LogP contribution in [0.15, 0.2) is 18.2 Å². The molecule has 1 fully saturated rings. The van der Waals surface area contributed by atoms with Crippen LogP contribution in [0.25, 0.3) is 0 Å². The highest BCUT2D eigenvalue weighted by molar-refractivity contribution is 6.32. The molecule has 6 heteroatoms. The number of ether oxygens (including phenoxy) is 2. The number of rotatable bonds is 6. The molecule has 21 heavy (non-hydrogen) atoms. The molecular formula is C15H21ClN2O3. The van der Waals surface area contributed by atoms with E-state index in [9.17, 15) is 4.79 Å². The lowest BCUT2D eigenvalue weighted by molar-refractivity contribution is -0.135. The first-order valence-corrected chi connectivity index (χ1v) is 7.52. The van der Waals surface area contributed by atoms with Gasteiger partial charge in [0, 0.05) is 19.6 Å². The fourth-order valence-electron chi connectivity index (χ4n) is 2.25. The minimum absolute atomic E-state index is 0.416. The van der Waals surface area contributed by atoms with E-state index < -0.39 is 12.0 Å². The zero-order chi connectivity index (χ0) is 15.2. The van der Waals surface area contributed by atoms with Gasteiger partial charge in [0.05, 0.1) is 18.2 Å². The lowest BCUT2D eigenvalue weighted by Gasteiger charge is -2.31. The van der Waals surface area contributed by atoms with Crippen molar-refractivity contribution in [3.63, 3.8) is 0 Å². The van der Waals surface area contributed by atoms with Crippen molar-refractivity contribution in [3.05, 3.63) is 28.8 Å². The highest BCUT2D eigenvalue weighted by Crippen LogP contribution is 2.26. The van der Waals surface area contributed by atoms with Crippen molar-refractivity contribution in [1.29, 1.82) is 0 Å². The van der Waals surface area contributed by atoms with Crippen LogP contribution in [0.4, 0.5) is 0 Å². The molecule has 5 nitrogen and oxygen atoms in total. The third kappa shape index (κ3) is 4.59. The van der Waals surface area contributed by atoms with Gasteiger partial charge in [0.25, 0.3) is 0 Å². The summed E-state index contributed by atoms with van der Waals surface area (Å²) in [7, 11) is 0. The van der Waals surface area contributed by atoms with Crippen LogP contribution in [0, 0.1) is 0 Å². The Morgan fingerprint density at radius 1 is 1.57 bits per heavy atom. The third-order valence-electron chi connectivity index (χ3n) is 3.33. The summed E-state index contributed by atoms with van der Waals surface area (Å²) < 4.78 is 10.9. The van der Waals surface area contributed by atoms with Crippen molar-refractivity contribution >= 4 is 17.5 Å². The van der Waals surface area contributed by atoms with E-state index in [0.29, 0.717) is 37.1 Å². The standard InChI is InChI=1S/C15H21ClN2O3/c1-2-6-20-13-4-3-11(8-12(13)16)9-18-5-7-21-14(10-18)15(17)19/h3-4,8,14H,2,5-7,9-10H2,1H3,(H2,17,19)/t14-/m0/s1. The van der Waals surface area contributed by atoms with Gasteiger partial charge in [-0.05, 0) is 24.1 Å². The zero-order valence-electron chi connectivity index (χ0n) is 12.2. The molecule has 0 aliphatic carbocycles. The maximum atomic E-state index is 11.2. The first-order chi connectivity index (χ1) is 10.1. The van der Waals surface area contributed by atoms with Crippen molar-refractivity contribution in [3.8, 4) is 5.75 Å². The summed E-state index contributed by atoms with van der Waals surface area (Å²) in [6.07, 6.45) is 0.418. The fraction of sp³-hybridized carbons (Fsp3) is 0.533. The van der Waals surface area contributed by atoms with Crippen molar-refractivity contribution in [2.75, 3.05) is 26.3 Å². The first-order valence-electron chi connectivity index (χ1n) is 7.14. The molecule has 0 unspecified atom stereocenters. The second kappa shape index (κ2) is 7.64. The number of hydrogen-bond donors (Lipinski definition) is 1. The van der Waals surface area contributed by atoms with Crippen LogP contribution in [0.1, 0.15) is 18.9 Å². The van der Waals surface area contributed by atoms with Gasteiger partial charge in [-0.25, -0.2) is 0 Å². The second-order valence-corrected chi connectivity index (χ2v) is 5.52. The Kier molecular flexibility index (Phi) is 5.85. The Hall–Kier alpha value is -1.30. The highest BCUT2D eigenvalue weighted by Gasteiger charge is 2.24. The van der Waals surface area contributed by atoms with E-state index in [1.807, 2.05) is 18.2 Å². The number of morpholine rings is 1. The number of carbonyl (C=O) groups is 1. The number of nitrogens with zero attached hydrogens (tertiary/aromatic N) is 1. The van der Waals surface area contributed by atoms with E-state index in [1.54, 1.807) is 0 Å². The van der Waals surface area contributed by atoms with Crippen LogP contribution in [-0.2, 0) is 16.1 Å². The summed E-state index contributed by atoms with van der Waals surface area (Å²) in [5.41, 5.74) is 6.36.